The lowest BCUT2D eigenvalue weighted by Crippen LogP contribution is -2.17. The van der Waals surface area contributed by atoms with E-state index < -0.39 is 13.4 Å². The molecule has 1 aliphatic rings. The Hall–Kier alpha value is -1.74. The van der Waals surface area contributed by atoms with Crippen LogP contribution in [0.1, 0.15) is 12.8 Å². The Labute approximate surface area is 119 Å². The van der Waals surface area contributed by atoms with Crippen LogP contribution in [0.2, 0.25) is 0 Å². The fourth-order valence-corrected chi connectivity index (χ4v) is 3.22. The average Bonchev–Trinajstić information content (AvgIpc) is 2.97. The van der Waals surface area contributed by atoms with Crippen LogP contribution < -0.4 is 11.5 Å². The molecule has 0 spiro atoms. The summed E-state index contributed by atoms with van der Waals surface area (Å²) in [5, 5.41) is 0. The van der Waals surface area contributed by atoms with Gasteiger partial charge in [-0.2, -0.15) is 9.97 Å². The summed E-state index contributed by atoms with van der Waals surface area (Å²) in [5.41, 5.74) is 12.2. The van der Waals surface area contributed by atoms with E-state index in [1.807, 2.05) is 0 Å². The van der Waals surface area contributed by atoms with Gasteiger partial charge in [0.25, 0.3) is 0 Å². The van der Waals surface area contributed by atoms with E-state index in [-0.39, 0.29) is 17.9 Å². The van der Waals surface area contributed by atoms with Crippen LogP contribution in [0.15, 0.2) is 6.33 Å². The summed E-state index contributed by atoms with van der Waals surface area (Å²) in [6.45, 7) is 0.364. The molecule has 1 aliphatic heterocycles. The molecule has 0 saturated carbocycles. The number of nitrogen functional groups attached to an aromatic ring is 2. The van der Waals surface area contributed by atoms with E-state index in [4.69, 9.17) is 26.0 Å². The molecule has 0 aliphatic carbocycles. The molecule has 0 bridgehead atoms. The maximum atomic E-state index is 11.2. The maximum absolute atomic E-state index is 11.2. The second-order valence-electron chi connectivity index (χ2n) is 4.92. The van der Waals surface area contributed by atoms with Crippen molar-refractivity contribution in [1.29, 1.82) is 0 Å². The number of nitrogens with zero attached hydrogens (tertiary/aromatic N) is 4. The van der Waals surface area contributed by atoms with Crippen molar-refractivity contribution in [2.45, 2.75) is 31.3 Å². The monoisotopic (exact) mass is 314 g/mol. The van der Waals surface area contributed by atoms with Crippen LogP contribution in [-0.4, -0.2) is 41.3 Å². The summed E-state index contributed by atoms with van der Waals surface area (Å²) in [7, 11) is -4.22. The highest BCUT2D eigenvalue weighted by atomic mass is 31.2. The minimum atomic E-state index is -4.22. The van der Waals surface area contributed by atoms with Gasteiger partial charge in [-0.25, -0.2) is 4.98 Å². The molecular weight excluding hydrogens is 299 g/mol. The van der Waals surface area contributed by atoms with Gasteiger partial charge in [0, 0.05) is 0 Å². The van der Waals surface area contributed by atoms with Crippen molar-refractivity contribution in [2.75, 3.05) is 11.5 Å². The second-order valence-corrected chi connectivity index (χ2v) is 6.67. The Morgan fingerprint density at radius 2 is 2.14 bits per heavy atom. The lowest BCUT2D eigenvalue weighted by atomic mass is 10.2. The van der Waals surface area contributed by atoms with Crippen LogP contribution in [-0.2, 0) is 15.8 Å². The molecule has 1 saturated heterocycles. The molecule has 2 atom stereocenters. The molecule has 2 aromatic heterocycles. The Balaban J connectivity index is 1.82. The first-order valence-electron chi connectivity index (χ1n) is 6.29. The van der Waals surface area contributed by atoms with E-state index in [9.17, 15) is 4.57 Å². The van der Waals surface area contributed by atoms with Crippen molar-refractivity contribution >= 4 is 30.5 Å². The number of aromatic nitrogens is 4. The third-order valence-electron chi connectivity index (χ3n) is 3.37. The summed E-state index contributed by atoms with van der Waals surface area (Å²) < 4.78 is 18.3. The number of rotatable bonds is 3. The van der Waals surface area contributed by atoms with E-state index in [2.05, 4.69) is 15.0 Å². The van der Waals surface area contributed by atoms with Gasteiger partial charge in [0.05, 0.1) is 19.0 Å². The quantitative estimate of drug-likeness (QED) is 0.555. The number of nitrogens with two attached hydrogens (primary N) is 2. The predicted molar refractivity (Wildman–Crippen MR) is 74.1 cm³/mol. The van der Waals surface area contributed by atoms with E-state index in [0.29, 0.717) is 30.6 Å². The molecule has 3 heterocycles. The Kier molecular flexibility index (Phi) is 3.33. The first-order valence-corrected chi connectivity index (χ1v) is 7.97. The normalized spacial score (nSPS) is 23.0. The highest BCUT2D eigenvalue weighted by molar-refractivity contribution is 7.52. The summed E-state index contributed by atoms with van der Waals surface area (Å²) in [6.07, 6.45) is 2.08. The molecule has 0 amide bonds. The van der Waals surface area contributed by atoms with Gasteiger partial charge in [-0.05, 0) is 12.8 Å². The van der Waals surface area contributed by atoms with Crippen LogP contribution in [0.25, 0.3) is 11.2 Å². The molecule has 6 N–H and O–H groups in total. The van der Waals surface area contributed by atoms with Gasteiger partial charge in [-0.1, -0.05) is 0 Å². The largest absolute Gasteiger partial charge is 0.382 e. The molecule has 1 fully saturated rings. The van der Waals surface area contributed by atoms with Crippen LogP contribution in [0, 0.1) is 0 Å². The van der Waals surface area contributed by atoms with Gasteiger partial charge in [0.2, 0.25) is 5.95 Å². The minimum absolute atomic E-state index is 0.0437. The van der Waals surface area contributed by atoms with Gasteiger partial charge in [0.15, 0.2) is 17.3 Å². The highest BCUT2D eigenvalue weighted by Crippen LogP contribution is 2.48. The van der Waals surface area contributed by atoms with Gasteiger partial charge < -0.3 is 30.6 Å². The van der Waals surface area contributed by atoms with Crippen molar-refractivity contribution in [2.24, 2.45) is 0 Å². The average molecular weight is 314 g/mol. The topological polar surface area (TPSA) is 162 Å². The number of hydrogen-bond donors (Lipinski definition) is 4. The Bertz CT molecular complexity index is 728. The predicted octanol–water partition coefficient (Wildman–Crippen LogP) is -0.327. The van der Waals surface area contributed by atoms with Crippen molar-refractivity contribution in [3.05, 3.63) is 6.33 Å². The fourth-order valence-electron chi connectivity index (χ4n) is 2.41. The van der Waals surface area contributed by atoms with E-state index in [1.165, 1.54) is 6.33 Å². The summed E-state index contributed by atoms with van der Waals surface area (Å²) in [5.74, 6) is -0.805. The zero-order valence-electron chi connectivity index (χ0n) is 11.0. The smallest absolute Gasteiger partial charge is 0.354 e. The minimum Gasteiger partial charge on any atom is -0.382 e. The first-order chi connectivity index (χ1) is 9.84. The standard InChI is InChI=1S/C10H15N6O4P/c11-8-7-9(15-10(12)14-8)16(4-13-7)3-5-1-2-6(20-5)21(17,18)19/h4-6H,1-3H2,(H2,17,18,19)(H4,11,12,14,15)/t5-,6+/m1/s1. The van der Waals surface area contributed by atoms with Crippen LogP contribution >= 0.6 is 7.60 Å². The SMILES string of the molecule is Nc1nc(N)c2ncn(C[C@H]3CC[C@H](P(=O)(O)O)O3)c2n1. The lowest BCUT2D eigenvalue weighted by Gasteiger charge is -2.15. The zero-order valence-corrected chi connectivity index (χ0v) is 11.8. The van der Waals surface area contributed by atoms with Crippen LogP contribution in [0.3, 0.4) is 0 Å². The molecule has 0 aromatic carbocycles. The Morgan fingerprint density at radius 1 is 1.38 bits per heavy atom. The maximum Gasteiger partial charge on any atom is 0.354 e. The summed E-state index contributed by atoms with van der Waals surface area (Å²) >= 11 is 0. The Morgan fingerprint density at radius 3 is 2.81 bits per heavy atom. The third kappa shape index (κ3) is 2.70. The lowest BCUT2D eigenvalue weighted by molar-refractivity contribution is 0.0621. The molecule has 21 heavy (non-hydrogen) atoms. The number of anilines is 2. The zero-order chi connectivity index (χ0) is 15.2. The van der Waals surface area contributed by atoms with E-state index in [1.54, 1.807) is 4.57 Å². The molecule has 114 valence electrons. The van der Waals surface area contributed by atoms with E-state index >= 15 is 0 Å². The fraction of sp³-hybridized carbons (Fsp3) is 0.500. The van der Waals surface area contributed by atoms with Gasteiger partial charge in [-0.3, -0.25) is 4.57 Å². The van der Waals surface area contributed by atoms with Crippen molar-refractivity contribution in [3.63, 3.8) is 0 Å². The molecule has 10 nitrogen and oxygen atoms in total. The van der Waals surface area contributed by atoms with Crippen molar-refractivity contribution in [1.82, 2.24) is 19.5 Å². The summed E-state index contributed by atoms with van der Waals surface area (Å²) in [4.78, 5) is 30.3. The van der Waals surface area contributed by atoms with E-state index in [0.717, 1.165) is 0 Å². The van der Waals surface area contributed by atoms with Gasteiger partial charge in [0.1, 0.15) is 5.52 Å². The third-order valence-corrected chi connectivity index (χ3v) is 4.50. The van der Waals surface area contributed by atoms with Crippen LogP contribution in [0.5, 0.6) is 0 Å². The second kappa shape index (κ2) is 4.92. The molecule has 11 heteroatoms. The summed E-state index contributed by atoms with van der Waals surface area (Å²) in [6, 6.07) is 0. The number of imidazole rings is 1. The first kappa shape index (κ1) is 14.2. The van der Waals surface area contributed by atoms with Crippen LogP contribution in [0.4, 0.5) is 11.8 Å². The molecular formula is C10H15N6O4P. The highest BCUT2D eigenvalue weighted by Gasteiger charge is 2.37. The van der Waals surface area contributed by atoms with Crippen molar-refractivity contribution in [3.8, 4) is 0 Å². The number of hydrogen-bond acceptors (Lipinski definition) is 7. The molecule has 3 rings (SSSR count). The van der Waals surface area contributed by atoms with Gasteiger partial charge in [-0.15, -0.1) is 0 Å². The van der Waals surface area contributed by atoms with Crippen molar-refractivity contribution < 1.29 is 19.1 Å². The number of ether oxygens (including phenoxy) is 1. The number of fused-ring (bicyclic) bond motifs is 1. The molecule has 2 aromatic rings. The van der Waals surface area contributed by atoms with Gasteiger partial charge >= 0.3 is 7.60 Å². The molecule has 0 unspecified atom stereocenters. The molecule has 0 radical (unpaired) electrons.